The molecule has 0 saturated heterocycles. The molecule has 0 bridgehead atoms. The SMILES string of the molecule is Cc1ccc(NC(=S)Nc2ccc3oc(=O)cc(C(F)(F)F)c3c2)cc1. The predicted octanol–water partition coefficient (Wildman–Crippen LogP) is 4.93. The third-order valence-electron chi connectivity index (χ3n) is 3.62. The minimum atomic E-state index is -4.67. The smallest absolute Gasteiger partial charge is 0.417 e. The fraction of sp³-hybridized carbons (Fsp3) is 0.111. The van der Waals surface area contributed by atoms with Crippen molar-refractivity contribution in [3.63, 3.8) is 0 Å². The summed E-state index contributed by atoms with van der Waals surface area (Å²) in [5, 5.41) is 5.77. The summed E-state index contributed by atoms with van der Waals surface area (Å²) in [5.41, 5.74) is -0.0813. The molecule has 0 atom stereocenters. The second kappa shape index (κ2) is 6.80. The van der Waals surface area contributed by atoms with Gasteiger partial charge in [-0.25, -0.2) is 4.79 Å². The minimum Gasteiger partial charge on any atom is -0.423 e. The van der Waals surface area contributed by atoms with Gasteiger partial charge in [-0.2, -0.15) is 13.2 Å². The number of thiocarbonyl (C=S) groups is 1. The van der Waals surface area contributed by atoms with Crippen LogP contribution in [0.25, 0.3) is 11.0 Å². The van der Waals surface area contributed by atoms with E-state index in [1.807, 2.05) is 31.2 Å². The standard InChI is InChI=1S/C18H13F3N2O2S/c1-10-2-4-11(5-3-10)22-17(26)23-12-6-7-15-13(8-12)14(18(19,20)21)9-16(24)25-15/h2-9H,1H3,(H2,22,23,26). The van der Waals surface area contributed by atoms with E-state index in [2.05, 4.69) is 10.6 Å². The monoisotopic (exact) mass is 378 g/mol. The first kappa shape index (κ1) is 17.9. The summed E-state index contributed by atoms with van der Waals surface area (Å²) in [6, 6.07) is 11.9. The second-order valence-corrected chi connectivity index (χ2v) is 6.04. The van der Waals surface area contributed by atoms with Gasteiger partial charge in [-0.05, 0) is 49.5 Å². The molecule has 3 rings (SSSR count). The maximum atomic E-state index is 13.2. The molecule has 0 aliphatic carbocycles. The van der Waals surface area contributed by atoms with Crippen LogP contribution in [0.2, 0.25) is 0 Å². The average molecular weight is 378 g/mol. The fourth-order valence-electron chi connectivity index (χ4n) is 2.41. The lowest BCUT2D eigenvalue weighted by Gasteiger charge is -2.13. The van der Waals surface area contributed by atoms with E-state index in [0.717, 1.165) is 11.3 Å². The number of nitrogens with one attached hydrogen (secondary N) is 2. The second-order valence-electron chi connectivity index (χ2n) is 5.63. The molecule has 0 radical (unpaired) electrons. The highest BCUT2D eigenvalue weighted by molar-refractivity contribution is 7.80. The van der Waals surface area contributed by atoms with Crippen molar-refractivity contribution in [1.82, 2.24) is 0 Å². The highest BCUT2D eigenvalue weighted by Crippen LogP contribution is 2.34. The van der Waals surface area contributed by atoms with Crippen molar-refractivity contribution >= 4 is 39.7 Å². The van der Waals surface area contributed by atoms with Crippen molar-refractivity contribution in [2.45, 2.75) is 13.1 Å². The molecule has 0 aliphatic rings. The van der Waals surface area contributed by atoms with Crippen LogP contribution in [0.15, 0.2) is 57.7 Å². The van der Waals surface area contributed by atoms with E-state index in [-0.39, 0.29) is 16.1 Å². The Hall–Kier alpha value is -2.87. The molecule has 2 N–H and O–H groups in total. The number of benzene rings is 2. The molecule has 1 heterocycles. The van der Waals surface area contributed by atoms with Crippen LogP contribution < -0.4 is 16.3 Å². The van der Waals surface area contributed by atoms with Crippen molar-refractivity contribution in [2.75, 3.05) is 10.6 Å². The van der Waals surface area contributed by atoms with Crippen molar-refractivity contribution in [3.8, 4) is 0 Å². The Morgan fingerprint density at radius 3 is 2.27 bits per heavy atom. The van der Waals surface area contributed by atoms with Crippen molar-refractivity contribution in [3.05, 3.63) is 70.1 Å². The van der Waals surface area contributed by atoms with E-state index >= 15 is 0 Å². The van der Waals surface area contributed by atoms with Crippen LogP contribution in [0, 0.1) is 6.92 Å². The predicted molar refractivity (Wildman–Crippen MR) is 98.5 cm³/mol. The third kappa shape index (κ3) is 4.02. The summed E-state index contributed by atoms with van der Waals surface area (Å²) in [6.45, 7) is 1.95. The van der Waals surface area contributed by atoms with Crippen LogP contribution >= 0.6 is 12.2 Å². The summed E-state index contributed by atoms with van der Waals surface area (Å²) < 4.78 is 44.4. The molecule has 0 fully saturated rings. The topological polar surface area (TPSA) is 54.3 Å². The molecule has 0 amide bonds. The molecule has 8 heteroatoms. The van der Waals surface area contributed by atoms with E-state index in [1.54, 1.807) is 0 Å². The molecule has 134 valence electrons. The molecule has 26 heavy (non-hydrogen) atoms. The molecule has 2 aromatic carbocycles. The van der Waals surface area contributed by atoms with Gasteiger partial charge in [0.25, 0.3) is 0 Å². The molecule has 0 spiro atoms. The Kier molecular flexibility index (Phi) is 4.69. The number of rotatable bonds is 2. The average Bonchev–Trinajstić information content (AvgIpc) is 2.55. The van der Waals surface area contributed by atoms with Gasteiger partial charge in [-0.15, -0.1) is 0 Å². The molecule has 0 unspecified atom stereocenters. The van der Waals surface area contributed by atoms with Gasteiger partial charge in [0.1, 0.15) is 5.58 Å². The van der Waals surface area contributed by atoms with Crippen LogP contribution in [-0.4, -0.2) is 5.11 Å². The van der Waals surface area contributed by atoms with Crippen LogP contribution in [0.3, 0.4) is 0 Å². The third-order valence-corrected chi connectivity index (χ3v) is 3.82. The largest absolute Gasteiger partial charge is 0.423 e. The van der Waals surface area contributed by atoms with Gasteiger partial charge in [0.05, 0.1) is 5.56 Å². The van der Waals surface area contributed by atoms with E-state index in [9.17, 15) is 18.0 Å². The normalized spacial score (nSPS) is 11.4. The molecule has 0 saturated carbocycles. The van der Waals surface area contributed by atoms with Crippen LogP contribution in [0.5, 0.6) is 0 Å². The number of fused-ring (bicyclic) bond motifs is 1. The van der Waals surface area contributed by atoms with Gasteiger partial charge in [-0.3, -0.25) is 0 Å². The van der Waals surface area contributed by atoms with Crippen LogP contribution in [0.4, 0.5) is 24.5 Å². The number of hydrogen-bond donors (Lipinski definition) is 2. The van der Waals surface area contributed by atoms with E-state index in [4.69, 9.17) is 16.6 Å². The molecule has 3 aromatic rings. The Morgan fingerprint density at radius 2 is 1.62 bits per heavy atom. The van der Waals surface area contributed by atoms with Crippen molar-refractivity contribution in [2.24, 2.45) is 0 Å². The van der Waals surface area contributed by atoms with Crippen molar-refractivity contribution < 1.29 is 17.6 Å². The lowest BCUT2D eigenvalue weighted by molar-refractivity contribution is -0.136. The van der Waals surface area contributed by atoms with E-state index in [1.165, 1.54) is 18.2 Å². The quantitative estimate of drug-likeness (QED) is 0.489. The Morgan fingerprint density at radius 1 is 1.00 bits per heavy atom. The first-order valence-corrected chi connectivity index (χ1v) is 7.93. The van der Waals surface area contributed by atoms with Gasteiger partial charge < -0.3 is 15.1 Å². The molecular weight excluding hydrogens is 365 g/mol. The number of anilines is 2. The first-order chi connectivity index (χ1) is 12.2. The number of alkyl halides is 3. The Bertz CT molecular complexity index is 1030. The summed E-state index contributed by atoms with van der Waals surface area (Å²) in [5.74, 6) is 0. The lowest BCUT2D eigenvalue weighted by atomic mass is 10.1. The van der Waals surface area contributed by atoms with Crippen LogP contribution in [0.1, 0.15) is 11.1 Å². The van der Waals surface area contributed by atoms with Gasteiger partial charge in [0, 0.05) is 22.8 Å². The lowest BCUT2D eigenvalue weighted by Crippen LogP contribution is -2.19. The fourth-order valence-corrected chi connectivity index (χ4v) is 2.64. The number of aryl methyl sites for hydroxylation is 1. The maximum absolute atomic E-state index is 13.2. The molecular formula is C18H13F3N2O2S. The van der Waals surface area contributed by atoms with E-state index < -0.39 is 17.4 Å². The Balaban J connectivity index is 1.89. The van der Waals surface area contributed by atoms with Gasteiger partial charge >= 0.3 is 11.8 Å². The Labute approximate surface area is 151 Å². The molecule has 4 nitrogen and oxygen atoms in total. The summed E-state index contributed by atoms with van der Waals surface area (Å²) >= 11 is 5.18. The molecule has 1 aromatic heterocycles. The number of halogens is 3. The zero-order chi connectivity index (χ0) is 18.9. The summed E-state index contributed by atoms with van der Waals surface area (Å²) in [6.07, 6.45) is -4.67. The zero-order valence-corrected chi connectivity index (χ0v) is 14.3. The maximum Gasteiger partial charge on any atom is 0.417 e. The van der Waals surface area contributed by atoms with Crippen LogP contribution in [-0.2, 0) is 6.18 Å². The highest BCUT2D eigenvalue weighted by Gasteiger charge is 2.33. The summed E-state index contributed by atoms with van der Waals surface area (Å²) in [4.78, 5) is 11.3. The van der Waals surface area contributed by atoms with E-state index in [0.29, 0.717) is 11.8 Å². The van der Waals surface area contributed by atoms with Crippen molar-refractivity contribution in [1.29, 1.82) is 0 Å². The number of hydrogen-bond acceptors (Lipinski definition) is 3. The summed E-state index contributed by atoms with van der Waals surface area (Å²) in [7, 11) is 0. The minimum absolute atomic E-state index is 0.146. The zero-order valence-electron chi connectivity index (χ0n) is 13.5. The van der Waals surface area contributed by atoms with Gasteiger partial charge in [-0.1, -0.05) is 17.7 Å². The first-order valence-electron chi connectivity index (χ1n) is 7.52. The van der Waals surface area contributed by atoms with Gasteiger partial charge in [0.15, 0.2) is 5.11 Å². The highest BCUT2D eigenvalue weighted by atomic mass is 32.1. The van der Waals surface area contributed by atoms with Gasteiger partial charge in [0.2, 0.25) is 0 Å². The molecule has 0 aliphatic heterocycles.